The molecule has 0 aliphatic heterocycles. The molecule has 1 atom stereocenters. The van der Waals surface area contributed by atoms with Crippen molar-refractivity contribution in [1.82, 2.24) is 4.57 Å². The van der Waals surface area contributed by atoms with Crippen molar-refractivity contribution in [2.75, 3.05) is 7.11 Å². The number of aliphatic carboxylic acids is 1. The summed E-state index contributed by atoms with van der Waals surface area (Å²) in [6.45, 7) is 1.68. The molecule has 7 heteroatoms. The van der Waals surface area contributed by atoms with E-state index in [0.29, 0.717) is 27.2 Å². The number of hydrogen-bond acceptors (Lipinski definition) is 3. The maximum Gasteiger partial charge on any atom is 0.311 e. The number of carboxylic acids is 1. The molecule has 0 saturated carbocycles. The fourth-order valence-corrected chi connectivity index (χ4v) is 4.31. The molecule has 3 aromatic carbocycles. The molecular formula is C26H21ClFNO4. The number of ether oxygens (including phenoxy) is 1. The van der Waals surface area contributed by atoms with Crippen LogP contribution in [0.25, 0.3) is 10.9 Å². The quantitative estimate of drug-likeness (QED) is 0.388. The molecule has 168 valence electrons. The molecule has 0 saturated heterocycles. The highest BCUT2D eigenvalue weighted by atomic mass is 35.5. The lowest BCUT2D eigenvalue weighted by Gasteiger charge is -2.14. The van der Waals surface area contributed by atoms with Crippen molar-refractivity contribution in [2.45, 2.75) is 19.3 Å². The van der Waals surface area contributed by atoms with Gasteiger partial charge in [-0.2, -0.15) is 0 Å². The topological polar surface area (TPSA) is 68.5 Å². The molecule has 0 bridgehead atoms. The third-order valence-corrected chi connectivity index (χ3v) is 6.00. The second kappa shape index (κ2) is 9.08. The molecule has 1 aromatic heterocycles. The molecule has 0 aliphatic rings. The molecule has 33 heavy (non-hydrogen) atoms. The fourth-order valence-electron chi connectivity index (χ4n) is 4.18. The van der Waals surface area contributed by atoms with Crippen LogP contribution in [-0.4, -0.2) is 28.7 Å². The summed E-state index contributed by atoms with van der Waals surface area (Å²) in [5.41, 5.74) is 2.34. The SMILES string of the molecule is COc1cc2c(C(Cc3ccccc3)C(=O)O)c(C)n(C(=O)c3ccc(Cl)cc3)c2cc1F. The Morgan fingerprint density at radius 2 is 1.76 bits per heavy atom. The smallest absolute Gasteiger partial charge is 0.311 e. The van der Waals surface area contributed by atoms with Gasteiger partial charge in [0.25, 0.3) is 5.91 Å². The molecule has 0 fully saturated rings. The van der Waals surface area contributed by atoms with Crippen molar-refractivity contribution < 1.29 is 23.8 Å². The third-order valence-electron chi connectivity index (χ3n) is 5.75. The van der Waals surface area contributed by atoms with Gasteiger partial charge in [-0.3, -0.25) is 14.2 Å². The minimum atomic E-state index is -1.04. The van der Waals surface area contributed by atoms with E-state index in [2.05, 4.69) is 0 Å². The highest BCUT2D eigenvalue weighted by molar-refractivity contribution is 6.30. The van der Waals surface area contributed by atoms with E-state index in [-0.39, 0.29) is 17.7 Å². The Kier molecular flexibility index (Phi) is 6.20. The van der Waals surface area contributed by atoms with Gasteiger partial charge in [-0.1, -0.05) is 41.9 Å². The normalized spacial score (nSPS) is 12.0. The number of hydrogen-bond donors (Lipinski definition) is 1. The largest absolute Gasteiger partial charge is 0.494 e. The van der Waals surface area contributed by atoms with Crippen molar-refractivity contribution in [3.8, 4) is 5.75 Å². The maximum atomic E-state index is 14.7. The summed E-state index contributed by atoms with van der Waals surface area (Å²) in [5.74, 6) is -3.07. The van der Waals surface area contributed by atoms with Crippen LogP contribution in [-0.2, 0) is 11.2 Å². The molecule has 0 spiro atoms. The van der Waals surface area contributed by atoms with Crippen LogP contribution in [0, 0.1) is 12.7 Å². The number of fused-ring (bicyclic) bond motifs is 1. The number of benzene rings is 3. The fraction of sp³-hybridized carbons (Fsp3) is 0.154. The number of rotatable bonds is 6. The molecule has 1 N–H and O–H groups in total. The van der Waals surface area contributed by atoms with Crippen molar-refractivity contribution >= 4 is 34.4 Å². The Morgan fingerprint density at radius 3 is 2.36 bits per heavy atom. The Balaban J connectivity index is 1.97. The number of methoxy groups -OCH3 is 1. The van der Waals surface area contributed by atoms with Gasteiger partial charge in [0, 0.05) is 27.7 Å². The minimum Gasteiger partial charge on any atom is -0.494 e. The Bertz CT molecular complexity index is 1350. The summed E-state index contributed by atoms with van der Waals surface area (Å²) in [7, 11) is 1.34. The first-order valence-corrected chi connectivity index (χ1v) is 10.6. The predicted octanol–water partition coefficient (Wildman–Crippen LogP) is 5.85. The zero-order chi connectivity index (χ0) is 23.7. The molecule has 0 radical (unpaired) electrons. The second-order valence-electron chi connectivity index (χ2n) is 7.73. The molecular weight excluding hydrogens is 445 g/mol. The van der Waals surface area contributed by atoms with Gasteiger partial charge >= 0.3 is 5.97 Å². The summed E-state index contributed by atoms with van der Waals surface area (Å²) in [6.07, 6.45) is 0.213. The number of carbonyl (C=O) groups excluding carboxylic acids is 1. The van der Waals surface area contributed by atoms with E-state index in [9.17, 15) is 19.1 Å². The minimum absolute atomic E-state index is 0.0244. The maximum absolute atomic E-state index is 14.7. The van der Waals surface area contributed by atoms with Gasteiger partial charge in [-0.15, -0.1) is 0 Å². The van der Waals surface area contributed by atoms with Crippen molar-refractivity contribution in [3.63, 3.8) is 0 Å². The van der Waals surface area contributed by atoms with Crippen LogP contribution in [0.4, 0.5) is 4.39 Å². The first-order valence-electron chi connectivity index (χ1n) is 10.3. The summed E-state index contributed by atoms with van der Waals surface area (Å²) in [6, 6.07) is 18.2. The highest BCUT2D eigenvalue weighted by Crippen LogP contribution is 2.37. The molecule has 1 heterocycles. The lowest BCUT2D eigenvalue weighted by Crippen LogP contribution is -2.18. The van der Waals surface area contributed by atoms with Crippen LogP contribution in [0.1, 0.15) is 33.1 Å². The van der Waals surface area contributed by atoms with Gasteiger partial charge in [0.05, 0.1) is 18.5 Å². The standard InChI is InChI=1S/C26H21ClFNO4/c1-15-24(20(26(31)32)12-16-6-4-3-5-7-16)19-13-23(33-2)21(28)14-22(19)29(15)25(30)17-8-10-18(27)11-9-17/h3-11,13-14,20H,12H2,1-2H3,(H,31,32). The second-order valence-corrected chi connectivity index (χ2v) is 8.17. The third kappa shape index (κ3) is 4.22. The van der Waals surface area contributed by atoms with Crippen LogP contribution >= 0.6 is 11.6 Å². The molecule has 4 rings (SSSR count). The van der Waals surface area contributed by atoms with Crippen LogP contribution in [0.5, 0.6) is 5.75 Å². The van der Waals surface area contributed by atoms with E-state index in [1.807, 2.05) is 30.3 Å². The van der Waals surface area contributed by atoms with E-state index in [1.54, 1.807) is 31.2 Å². The molecule has 4 aromatic rings. The number of halogens is 2. The van der Waals surface area contributed by atoms with E-state index in [4.69, 9.17) is 16.3 Å². The lowest BCUT2D eigenvalue weighted by atomic mass is 9.90. The van der Waals surface area contributed by atoms with Gasteiger partial charge in [0.1, 0.15) is 0 Å². The van der Waals surface area contributed by atoms with Crippen LogP contribution in [0.2, 0.25) is 5.02 Å². The van der Waals surface area contributed by atoms with E-state index in [1.165, 1.54) is 23.8 Å². The number of carboxylic acid groups (broad SMARTS) is 1. The zero-order valence-corrected chi connectivity index (χ0v) is 18.8. The first-order chi connectivity index (χ1) is 15.8. The Hall–Kier alpha value is -3.64. The summed E-state index contributed by atoms with van der Waals surface area (Å²) < 4.78 is 21.2. The van der Waals surface area contributed by atoms with Gasteiger partial charge < -0.3 is 9.84 Å². The Labute approximate surface area is 195 Å². The summed E-state index contributed by atoms with van der Waals surface area (Å²) in [5, 5.41) is 11.1. The molecule has 1 unspecified atom stereocenters. The predicted molar refractivity (Wildman–Crippen MR) is 125 cm³/mol. The van der Waals surface area contributed by atoms with Crippen LogP contribution < -0.4 is 4.74 Å². The summed E-state index contributed by atoms with van der Waals surface area (Å²) >= 11 is 5.95. The van der Waals surface area contributed by atoms with Crippen molar-refractivity contribution in [3.05, 3.63) is 100.0 Å². The van der Waals surface area contributed by atoms with Crippen LogP contribution in [0.15, 0.2) is 66.7 Å². The van der Waals surface area contributed by atoms with Crippen LogP contribution in [0.3, 0.4) is 0 Å². The average molecular weight is 466 g/mol. The molecule has 5 nitrogen and oxygen atoms in total. The number of aromatic nitrogens is 1. The van der Waals surface area contributed by atoms with Gasteiger partial charge in [0.2, 0.25) is 0 Å². The van der Waals surface area contributed by atoms with Crippen molar-refractivity contribution in [2.24, 2.45) is 0 Å². The van der Waals surface area contributed by atoms with E-state index in [0.717, 1.165) is 5.56 Å². The van der Waals surface area contributed by atoms with Crippen molar-refractivity contribution in [1.29, 1.82) is 0 Å². The van der Waals surface area contributed by atoms with Gasteiger partial charge in [-0.25, -0.2) is 4.39 Å². The first kappa shape index (κ1) is 22.6. The Morgan fingerprint density at radius 1 is 1.09 bits per heavy atom. The van der Waals surface area contributed by atoms with Gasteiger partial charge in [-0.05, 0) is 54.8 Å². The monoisotopic (exact) mass is 465 g/mol. The number of carbonyl (C=O) groups is 2. The molecule has 0 aliphatic carbocycles. The highest BCUT2D eigenvalue weighted by Gasteiger charge is 2.30. The van der Waals surface area contributed by atoms with Gasteiger partial charge in [0.15, 0.2) is 11.6 Å². The van der Waals surface area contributed by atoms with E-state index >= 15 is 0 Å². The zero-order valence-electron chi connectivity index (χ0n) is 18.0. The lowest BCUT2D eigenvalue weighted by molar-refractivity contribution is -0.138. The number of nitrogens with zero attached hydrogens (tertiary/aromatic N) is 1. The average Bonchev–Trinajstić information content (AvgIpc) is 3.07. The molecule has 0 amide bonds. The van der Waals surface area contributed by atoms with E-state index < -0.39 is 23.6 Å². The summed E-state index contributed by atoms with van der Waals surface area (Å²) in [4.78, 5) is 25.8.